The molecule has 1 saturated heterocycles. The number of rotatable bonds is 6. The van der Waals surface area contributed by atoms with Crippen LogP contribution in [0.2, 0.25) is 0 Å². The fourth-order valence-electron chi connectivity index (χ4n) is 5.08. The first-order valence-electron chi connectivity index (χ1n) is 13.9. The van der Waals surface area contributed by atoms with E-state index in [1.807, 2.05) is 31.7 Å². The van der Waals surface area contributed by atoms with Gasteiger partial charge < -0.3 is 29.5 Å². The van der Waals surface area contributed by atoms with Crippen molar-refractivity contribution in [2.75, 3.05) is 40.0 Å². The van der Waals surface area contributed by atoms with Gasteiger partial charge in [-0.15, -0.1) is 0 Å². The molecule has 0 saturated carbocycles. The topological polar surface area (TPSA) is 99.5 Å². The molecule has 1 heterocycles. The van der Waals surface area contributed by atoms with Crippen LogP contribution in [0.5, 0.6) is 0 Å². The normalized spacial score (nSPS) is 26.6. The Hall–Kier alpha value is -2.07. The summed E-state index contributed by atoms with van der Waals surface area (Å²) in [5.41, 5.74) is 0.691. The highest BCUT2D eigenvalue weighted by atomic mass is 19.1. The average molecular weight is 539 g/mol. The van der Waals surface area contributed by atoms with Crippen molar-refractivity contribution in [3.8, 4) is 0 Å². The predicted octanol–water partition coefficient (Wildman–Crippen LogP) is 3.55. The van der Waals surface area contributed by atoms with Crippen LogP contribution >= 0.6 is 0 Å². The number of halogens is 1. The summed E-state index contributed by atoms with van der Waals surface area (Å²) in [6, 6.07) is 5.91. The van der Waals surface area contributed by atoms with Gasteiger partial charge in [0.2, 0.25) is 11.8 Å². The van der Waals surface area contributed by atoms with Crippen LogP contribution in [0.3, 0.4) is 0 Å². The van der Waals surface area contributed by atoms with Gasteiger partial charge in [-0.05, 0) is 42.9 Å². The highest BCUT2D eigenvalue weighted by molar-refractivity contribution is 5.77. The predicted molar refractivity (Wildman–Crippen MR) is 144 cm³/mol. The van der Waals surface area contributed by atoms with Crippen molar-refractivity contribution in [1.82, 2.24) is 9.80 Å². The third-order valence-corrected chi connectivity index (χ3v) is 7.43. The van der Waals surface area contributed by atoms with Crippen LogP contribution in [0.1, 0.15) is 71.4 Å². The first-order chi connectivity index (χ1) is 18.1. The van der Waals surface area contributed by atoms with Crippen molar-refractivity contribution in [2.45, 2.75) is 84.2 Å². The number of aliphatic hydroxyl groups excluding tert-OH is 2. The Morgan fingerprint density at radius 3 is 2.55 bits per heavy atom. The highest BCUT2D eigenvalue weighted by Crippen LogP contribution is 2.36. The number of hydrogen-bond acceptors (Lipinski definition) is 6. The van der Waals surface area contributed by atoms with Crippen LogP contribution in [-0.4, -0.2) is 90.1 Å². The molecular formula is C29H47FN2O6. The molecule has 9 heteroatoms. The van der Waals surface area contributed by atoms with Gasteiger partial charge in [-0.25, -0.2) is 4.39 Å². The Morgan fingerprint density at radius 1 is 1.21 bits per heavy atom. The minimum atomic E-state index is -1.25. The zero-order valence-electron chi connectivity index (χ0n) is 23.6. The number of methoxy groups -OCH3 is 1. The van der Waals surface area contributed by atoms with Crippen LogP contribution in [0.4, 0.5) is 4.39 Å². The van der Waals surface area contributed by atoms with E-state index < -0.39 is 24.4 Å². The molecule has 38 heavy (non-hydrogen) atoms. The summed E-state index contributed by atoms with van der Waals surface area (Å²) in [5, 5.41) is 21.2. The SMILES string of the molecule is CCCCC(=O)N1CCCCOC[C@@H](O)[C@@H](O)[C@H](OC)CN(C(C)=O)C[C@H](C(C)C)[C@H]1c1cccc(F)c1. The lowest BCUT2D eigenvalue weighted by Crippen LogP contribution is -2.51. The van der Waals surface area contributed by atoms with Crippen LogP contribution in [0.15, 0.2) is 24.3 Å². The third-order valence-electron chi connectivity index (χ3n) is 7.43. The summed E-state index contributed by atoms with van der Waals surface area (Å²) in [5.74, 6) is -0.793. The third kappa shape index (κ3) is 9.29. The molecule has 5 atom stereocenters. The van der Waals surface area contributed by atoms with E-state index in [0.717, 1.165) is 12.8 Å². The molecule has 0 radical (unpaired) electrons. The average Bonchev–Trinajstić information content (AvgIpc) is 2.88. The second-order valence-corrected chi connectivity index (χ2v) is 10.6. The van der Waals surface area contributed by atoms with E-state index in [1.54, 1.807) is 11.0 Å². The number of nitrogens with zero attached hydrogens (tertiary/aromatic N) is 2. The molecule has 2 N–H and O–H groups in total. The molecular weight excluding hydrogens is 491 g/mol. The molecule has 2 rings (SSSR count). The second-order valence-electron chi connectivity index (χ2n) is 10.6. The number of aliphatic hydroxyl groups is 2. The van der Waals surface area contributed by atoms with Crippen LogP contribution in [0.25, 0.3) is 0 Å². The number of benzene rings is 1. The van der Waals surface area contributed by atoms with Gasteiger partial charge in [0.15, 0.2) is 0 Å². The van der Waals surface area contributed by atoms with Gasteiger partial charge in [0.25, 0.3) is 0 Å². The van der Waals surface area contributed by atoms with Gasteiger partial charge in [-0.2, -0.15) is 0 Å². The molecule has 1 aromatic carbocycles. The first-order valence-corrected chi connectivity index (χ1v) is 13.9. The maximum Gasteiger partial charge on any atom is 0.223 e. The molecule has 216 valence electrons. The number of ether oxygens (including phenoxy) is 2. The van der Waals surface area contributed by atoms with Crippen LogP contribution in [-0.2, 0) is 19.1 Å². The Balaban J connectivity index is 2.60. The molecule has 2 amide bonds. The highest BCUT2D eigenvalue weighted by Gasteiger charge is 2.37. The minimum absolute atomic E-state index is 0.00647. The van der Waals surface area contributed by atoms with E-state index in [2.05, 4.69) is 0 Å². The molecule has 0 unspecified atom stereocenters. The molecule has 1 aromatic rings. The van der Waals surface area contributed by atoms with Gasteiger partial charge >= 0.3 is 0 Å². The lowest BCUT2D eigenvalue weighted by molar-refractivity contribution is -0.139. The van der Waals surface area contributed by atoms with Crippen LogP contribution in [0, 0.1) is 17.7 Å². The standard InChI is InChI=1S/C29H47FN2O6/c1-6-7-13-27(35)32-14-8-9-15-38-19-25(34)29(36)26(37-5)18-31(21(4)33)17-24(20(2)3)28(32)22-11-10-12-23(30)16-22/h10-12,16,20,24-26,28-29,34,36H,6-9,13-15,17-19H2,1-5H3/t24-,25-,26-,28-,29-/m1/s1. The summed E-state index contributed by atoms with van der Waals surface area (Å²) in [7, 11) is 1.43. The monoisotopic (exact) mass is 538 g/mol. The summed E-state index contributed by atoms with van der Waals surface area (Å²) in [4.78, 5) is 29.9. The van der Waals surface area contributed by atoms with E-state index in [1.165, 1.54) is 26.2 Å². The number of hydrogen-bond donors (Lipinski definition) is 2. The smallest absolute Gasteiger partial charge is 0.223 e. The molecule has 1 aliphatic rings. The van der Waals surface area contributed by atoms with Gasteiger partial charge in [0.05, 0.1) is 12.6 Å². The number of amides is 2. The molecule has 8 nitrogen and oxygen atoms in total. The first kappa shape index (κ1) is 32.1. The van der Waals surface area contributed by atoms with E-state index in [9.17, 15) is 24.2 Å². The maximum absolute atomic E-state index is 14.5. The van der Waals surface area contributed by atoms with Crippen LogP contribution < -0.4 is 0 Å². The maximum atomic E-state index is 14.5. The lowest BCUT2D eigenvalue weighted by atomic mass is 9.82. The number of carbonyl (C=O) groups excluding carboxylic acids is 2. The van der Waals surface area contributed by atoms with Crippen molar-refractivity contribution in [3.05, 3.63) is 35.6 Å². The van der Waals surface area contributed by atoms with E-state index in [4.69, 9.17) is 9.47 Å². The van der Waals surface area contributed by atoms with Crippen molar-refractivity contribution in [1.29, 1.82) is 0 Å². The molecule has 0 spiro atoms. The van der Waals surface area contributed by atoms with E-state index >= 15 is 0 Å². The summed E-state index contributed by atoms with van der Waals surface area (Å²) < 4.78 is 25.6. The zero-order valence-corrected chi connectivity index (χ0v) is 23.6. The molecule has 0 aliphatic carbocycles. The van der Waals surface area contributed by atoms with E-state index in [-0.39, 0.29) is 49.2 Å². The Bertz CT molecular complexity index is 869. The summed E-state index contributed by atoms with van der Waals surface area (Å²) in [6.45, 7) is 8.64. The summed E-state index contributed by atoms with van der Waals surface area (Å²) >= 11 is 0. The zero-order chi connectivity index (χ0) is 28.2. The Labute approximate surface area is 227 Å². The molecule has 0 bridgehead atoms. The molecule has 1 aliphatic heterocycles. The lowest BCUT2D eigenvalue weighted by Gasteiger charge is -2.42. The fourth-order valence-corrected chi connectivity index (χ4v) is 5.08. The van der Waals surface area contributed by atoms with Crippen molar-refractivity contribution >= 4 is 11.8 Å². The van der Waals surface area contributed by atoms with Crippen molar-refractivity contribution in [3.63, 3.8) is 0 Å². The Morgan fingerprint density at radius 2 is 1.95 bits per heavy atom. The van der Waals surface area contributed by atoms with Crippen molar-refractivity contribution in [2.24, 2.45) is 11.8 Å². The number of unbranched alkanes of at least 4 members (excludes halogenated alkanes) is 1. The van der Waals surface area contributed by atoms with Gasteiger partial charge in [-0.3, -0.25) is 9.59 Å². The van der Waals surface area contributed by atoms with Crippen molar-refractivity contribution < 1.29 is 33.7 Å². The van der Waals surface area contributed by atoms with Gasteiger partial charge in [-0.1, -0.05) is 39.3 Å². The molecule has 0 aromatic heterocycles. The Kier molecular flexibility index (Phi) is 13.6. The largest absolute Gasteiger partial charge is 0.388 e. The van der Waals surface area contributed by atoms with Gasteiger partial charge in [0, 0.05) is 52.6 Å². The summed E-state index contributed by atoms with van der Waals surface area (Å²) in [6.07, 6.45) is 0.0655. The second kappa shape index (κ2) is 16.1. The quantitative estimate of drug-likeness (QED) is 0.575. The van der Waals surface area contributed by atoms with Gasteiger partial charge in [0.1, 0.15) is 24.1 Å². The van der Waals surface area contributed by atoms with E-state index in [0.29, 0.717) is 38.0 Å². The molecule has 1 fully saturated rings. The fraction of sp³-hybridized carbons (Fsp3) is 0.724. The minimum Gasteiger partial charge on any atom is -0.388 e. The number of carbonyl (C=O) groups is 2.